The lowest BCUT2D eigenvalue weighted by molar-refractivity contribution is -0.144. The molecule has 2 unspecified atom stereocenters. The standard InChI is InChI=1S/C10H21NO3/c1-5-6-9(10(12)13)11(3)8(2)7-14-4/h8-9H,5-7H2,1-4H3,(H,12,13). The first-order chi connectivity index (χ1) is 6.54. The Morgan fingerprint density at radius 1 is 1.57 bits per heavy atom. The zero-order chi connectivity index (χ0) is 11.1. The van der Waals surface area contributed by atoms with Crippen molar-refractivity contribution in [2.75, 3.05) is 20.8 Å². The van der Waals surface area contributed by atoms with Crippen LogP contribution in [0.2, 0.25) is 0 Å². The molecule has 0 aliphatic carbocycles. The smallest absolute Gasteiger partial charge is 0.320 e. The monoisotopic (exact) mass is 203 g/mol. The zero-order valence-corrected chi connectivity index (χ0v) is 9.49. The first-order valence-corrected chi connectivity index (χ1v) is 4.98. The van der Waals surface area contributed by atoms with E-state index in [9.17, 15) is 4.79 Å². The van der Waals surface area contributed by atoms with Crippen molar-refractivity contribution >= 4 is 5.97 Å². The summed E-state index contributed by atoms with van der Waals surface area (Å²) >= 11 is 0. The van der Waals surface area contributed by atoms with E-state index in [2.05, 4.69) is 0 Å². The molecule has 4 nitrogen and oxygen atoms in total. The van der Waals surface area contributed by atoms with Crippen LogP contribution in [0.3, 0.4) is 0 Å². The van der Waals surface area contributed by atoms with Crippen molar-refractivity contribution in [1.29, 1.82) is 0 Å². The lowest BCUT2D eigenvalue weighted by Gasteiger charge is -2.29. The average molecular weight is 203 g/mol. The second-order valence-corrected chi connectivity index (χ2v) is 3.61. The predicted molar refractivity (Wildman–Crippen MR) is 55.4 cm³/mol. The minimum Gasteiger partial charge on any atom is -0.480 e. The molecule has 0 aliphatic rings. The number of carbonyl (C=O) groups is 1. The molecule has 0 aliphatic heterocycles. The maximum absolute atomic E-state index is 11.0. The third kappa shape index (κ3) is 4.07. The maximum atomic E-state index is 11.0. The van der Waals surface area contributed by atoms with Crippen LogP contribution in [0.25, 0.3) is 0 Å². The zero-order valence-electron chi connectivity index (χ0n) is 9.49. The Morgan fingerprint density at radius 3 is 2.50 bits per heavy atom. The number of ether oxygens (including phenoxy) is 1. The average Bonchev–Trinajstić information content (AvgIpc) is 2.13. The van der Waals surface area contributed by atoms with Gasteiger partial charge in [-0.3, -0.25) is 9.69 Å². The molecular formula is C10H21NO3. The largest absolute Gasteiger partial charge is 0.480 e. The molecule has 14 heavy (non-hydrogen) atoms. The van der Waals surface area contributed by atoms with Crippen LogP contribution in [0.5, 0.6) is 0 Å². The molecular weight excluding hydrogens is 182 g/mol. The van der Waals surface area contributed by atoms with Crippen LogP contribution in [0.15, 0.2) is 0 Å². The number of nitrogens with zero attached hydrogens (tertiary/aromatic N) is 1. The van der Waals surface area contributed by atoms with Crippen LogP contribution in [0.4, 0.5) is 0 Å². The number of carboxylic acids is 1. The van der Waals surface area contributed by atoms with Crippen LogP contribution < -0.4 is 0 Å². The van der Waals surface area contributed by atoms with Gasteiger partial charge >= 0.3 is 5.97 Å². The van der Waals surface area contributed by atoms with Gasteiger partial charge in [-0.1, -0.05) is 13.3 Å². The summed E-state index contributed by atoms with van der Waals surface area (Å²) in [7, 11) is 3.46. The van der Waals surface area contributed by atoms with E-state index in [-0.39, 0.29) is 6.04 Å². The van der Waals surface area contributed by atoms with Gasteiger partial charge in [0.2, 0.25) is 0 Å². The number of hydrogen-bond donors (Lipinski definition) is 1. The predicted octanol–water partition coefficient (Wildman–Crippen LogP) is 1.21. The summed E-state index contributed by atoms with van der Waals surface area (Å²) in [6.45, 7) is 4.52. The van der Waals surface area contributed by atoms with Gasteiger partial charge in [-0.25, -0.2) is 0 Å². The van der Waals surface area contributed by atoms with E-state index in [1.807, 2.05) is 25.8 Å². The summed E-state index contributed by atoms with van der Waals surface area (Å²) in [4.78, 5) is 12.8. The van der Waals surface area contributed by atoms with Gasteiger partial charge in [-0.2, -0.15) is 0 Å². The highest BCUT2D eigenvalue weighted by Crippen LogP contribution is 2.09. The highest BCUT2D eigenvalue weighted by Gasteiger charge is 2.24. The van der Waals surface area contributed by atoms with Crippen molar-refractivity contribution < 1.29 is 14.6 Å². The van der Waals surface area contributed by atoms with Crippen molar-refractivity contribution in [3.63, 3.8) is 0 Å². The Kier molecular flexibility index (Phi) is 6.49. The summed E-state index contributed by atoms with van der Waals surface area (Å²) in [6.07, 6.45) is 1.56. The van der Waals surface area contributed by atoms with Gasteiger partial charge in [0.25, 0.3) is 0 Å². The Hall–Kier alpha value is -0.610. The minimum absolute atomic E-state index is 0.132. The Labute approximate surface area is 85.9 Å². The van der Waals surface area contributed by atoms with Crippen LogP contribution in [0, 0.1) is 0 Å². The Morgan fingerprint density at radius 2 is 2.14 bits per heavy atom. The lowest BCUT2D eigenvalue weighted by Crippen LogP contribution is -2.45. The summed E-state index contributed by atoms with van der Waals surface area (Å²) < 4.78 is 5.00. The van der Waals surface area contributed by atoms with Gasteiger partial charge in [0.05, 0.1) is 6.61 Å². The van der Waals surface area contributed by atoms with E-state index in [1.54, 1.807) is 7.11 Å². The Balaban J connectivity index is 4.26. The van der Waals surface area contributed by atoms with Gasteiger partial charge < -0.3 is 9.84 Å². The molecule has 0 saturated heterocycles. The van der Waals surface area contributed by atoms with E-state index in [0.717, 1.165) is 6.42 Å². The normalized spacial score (nSPS) is 15.5. The van der Waals surface area contributed by atoms with Crippen molar-refractivity contribution in [3.05, 3.63) is 0 Å². The first kappa shape index (κ1) is 13.4. The first-order valence-electron chi connectivity index (χ1n) is 4.98. The topological polar surface area (TPSA) is 49.8 Å². The fourth-order valence-corrected chi connectivity index (χ4v) is 1.44. The van der Waals surface area contributed by atoms with Gasteiger partial charge in [-0.05, 0) is 20.4 Å². The molecule has 84 valence electrons. The SMILES string of the molecule is CCCC(C(=O)O)N(C)C(C)COC. The second-order valence-electron chi connectivity index (χ2n) is 3.61. The van der Waals surface area contributed by atoms with Gasteiger partial charge in [0.15, 0.2) is 0 Å². The molecule has 4 heteroatoms. The third-order valence-electron chi connectivity index (χ3n) is 2.44. The molecule has 0 saturated carbocycles. The van der Waals surface area contributed by atoms with E-state index in [0.29, 0.717) is 13.0 Å². The summed E-state index contributed by atoms with van der Waals surface area (Å²) in [5.41, 5.74) is 0. The lowest BCUT2D eigenvalue weighted by atomic mass is 10.1. The number of carboxylic acid groups (broad SMARTS) is 1. The van der Waals surface area contributed by atoms with Crippen LogP contribution in [0.1, 0.15) is 26.7 Å². The van der Waals surface area contributed by atoms with E-state index >= 15 is 0 Å². The van der Waals surface area contributed by atoms with E-state index in [4.69, 9.17) is 9.84 Å². The van der Waals surface area contributed by atoms with Crippen molar-refractivity contribution in [2.45, 2.75) is 38.8 Å². The number of aliphatic carboxylic acids is 1. The Bertz CT molecular complexity index is 173. The summed E-state index contributed by atoms with van der Waals surface area (Å²) in [5, 5.41) is 9.01. The molecule has 2 atom stereocenters. The molecule has 0 radical (unpaired) electrons. The summed E-state index contributed by atoms with van der Waals surface area (Å²) in [5.74, 6) is -0.752. The third-order valence-corrected chi connectivity index (χ3v) is 2.44. The second kappa shape index (κ2) is 6.79. The molecule has 0 bridgehead atoms. The highest BCUT2D eigenvalue weighted by molar-refractivity contribution is 5.73. The molecule has 0 fully saturated rings. The van der Waals surface area contributed by atoms with Crippen LogP contribution >= 0.6 is 0 Å². The van der Waals surface area contributed by atoms with Gasteiger partial charge in [0, 0.05) is 13.2 Å². The van der Waals surface area contributed by atoms with E-state index in [1.165, 1.54) is 0 Å². The number of likely N-dealkylation sites (N-methyl/N-ethyl adjacent to an activating group) is 1. The fourth-order valence-electron chi connectivity index (χ4n) is 1.44. The number of hydrogen-bond acceptors (Lipinski definition) is 3. The quantitative estimate of drug-likeness (QED) is 0.675. The molecule has 1 N–H and O–H groups in total. The van der Waals surface area contributed by atoms with Gasteiger partial charge in [-0.15, -0.1) is 0 Å². The molecule has 0 heterocycles. The number of methoxy groups -OCH3 is 1. The molecule has 0 spiro atoms. The van der Waals surface area contributed by atoms with Crippen molar-refractivity contribution in [1.82, 2.24) is 4.90 Å². The van der Waals surface area contributed by atoms with Crippen LogP contribution in [-0.2, 0) is 9.53 Å². The minimum atomic E-state index is -0.752. The molecule has 0 amide bonds. The van der Waals surface area contributed by atoms with Crippen LogP contribution in [-0.4, -0.2) is 48.8 Å². The van der Waals surface area contributed by atoms with Crippen molar-refractivity contribution in [3.8, 4) is 0 Å². The van der Waals surface area contributed by atoms with Crippen molar-refractivity contribution in [2.24, 2.45) is 0 Å². The molecule has 0 aromatic carbocycles. The van der Waals surface area contributed by atoms with E-state index < -0.39 is 12.0 Å². The molecule has 0 rings (SSSR count). The van der Waals surface area contributed by atoms with Gasteiger partial charge in [0.1, 0.15) is 6.04 Å². The summed E-state index contributed by atoms with van der Waals surface area (Å²) in [6, 6.07) is -0.266. The number of rotatable bonds is 7. The highest BCUT2D eigenvalue weighted by atomic mass is 16.5. The fraction of sp³-hybridized carbons (Fsp3) is 0.900. The molecule has 0 aromatic heterocycles. The maximum Gasteiger partial charge on any atom is 0.320 e. The molecule has 0 aromatic rings.